The molecule has 1 heterocycles. The zero-order valence-corrected chi connectivity index (χ0v) is 46.8. The number of ether oxygens (including phenoxy) is 2. The topological polar surface area (TPSA) is 233 Å². The van der Waals surface area contributed by atoms with E-state index in [-0.39, 0.29) is 71.1 Å². The summed E-state index contributed by atoms with van der Waals surface area (Å²) in [7, 11) is 0. The number of aliphatic hydroxyl groups is 3. The van der Waals surface area contributed by atoms with Gasteiger partial charge < -0.3 is 49.8 Å². The van der Waals surface area contributed by atoms with Crippen LogP contribution in [-0.4, -0.2) is 103 Å². The molecule has 4 aromatic carbocycles. The summed E-state index contributed by atoms with van der Waals surface area (Å²) in [6.07, 6.45) is 14.7. The first kappa shape index (κ1) is 60.8. The maximum Gasteiger partial charge on any atom is 0.375 e. The fourth-order valence-electron chi connectivity index (χ4n) is 12.9. The molecule has 16 heteroatoms. The van der Waals surface area contributed by atoms with Crippen LogP contribution in [-0.2, 0) is 32.1 Å². The Morgan fingerprint density at radius 1 is 0.886 bits per heavy atom. The SMILES string of the molecule is C[C@@H]1C[C@H]2[C@@H]3CCC4=CC(=O)C=C[C@]4(C)[C@@]3(Cl)[C@@H](O)C[C@]2(C)[C@@]1(OC(=O)c1ccco1)C(=O)CCl.O=C(O)c1ccc2ccccc2c1O.OCc1cc(C(O)CNCCCCCCOCCCCc2ccccc2)ccc1O. The van der Waals surface area contributed by atoms with Gasteiger partial charge in [-0.1, -0.05) is 112 Å². The van der Waals surface area contributed by atoms with Gasteiger partial charge in [0.1, 0.15) is 17.1 Å². The van der Waals surface area contributed by atoms with Crippen LogP contribution >= 0.6 is 23.2 Å². The molecule has 1 aromatic heterocycles. The Bertz CT molecular complexity index is 2950. The average molecular weight is 1130 g/mol. The lowest BCUT2D eigenvalue weighted by Crippen LogP contribution is -2.69. The number of allylic oxidation sites excluding steroid dienone is 4. The van der Waals surface area contributed by atoms with Crippen molar-refractivity contribution in [1.29, 1.82) is 0 Å². The lowest BCUT2D eigenvalue weighted by atomic mass is 9.45. The van der Waals surface area contributed by atoms with Crippen LogP contribution < -0.4 is 5.32 Å². The van der Waals surface area contributed by atoms with Crippen LogP contribution in [0.5, 0.6) is 11.5 Å². The molecule has 4 aliphatic rings. The zero-order valence-electron chi connectivity index (χ0n) is 45.3. The Labute approximate surface area is 472 Å². The van der Waals surface area contributed by atoms with E-state index in [0.29, 0.717) is 42.3 Å². The number of aliphatic hydroxyl groups excluding tert-OH is 3. The minimum Gasteiger partial charge on any atom is -0.508 e. The summed E-state index contributed by atoms with van der Waals surface area (Å²) in [4.78, 5) is 48.4. The lowest BCUT2D eigenvalue weighted by molar-refractivity contribution is -0.177. The van der Waals surface area contributed by atoms with Gasteiger partial charge in [-0.15, -0.1) is 23.2 Å². The number of fused-ring (bicyclic) bond motifs is 6. The van der Waals surface area contributed by atoms with Gasteiger partial charge in [-0.25, -0.2) is 9.59 Å². The molecule has 7 N–H and O–H groups in total. The Morgan fingerprint density at radius 3 is 2.32 bits per heavy atom. The quantitative estimate of drug-likeness (QED) is 0.0206. The first-order valence-electron chi connectivity index (χ1n) is 27.4. The average Bonchev–Trinajstić information content (AvgIpc) is 3.05. The molecule has 1 unspecified atom stereocenters. The summed E-state index contributed by atoms with van der Waals surface area (Å²) in [5.74, 6) is -3.36. The highest BCUT2D eigenvalue weighted by Crippen LogP contribution is 2.72. The molecule has 0 amide bonds. The molecule has 79 heavy (non-hydrogen) atoms. The first-order valence-corrected chi connectivity index (χ1v) is 28.3. The molecular formula is C63H75Cl2NO13. The number of furan rings is 1. The molecule has 3 saturated carbocycles. The predicted octanol–water partition coefficient (Wildman–Crippen LogP) is 11.2. The standard InChI is InChI=1S/C27H30Cl2O6.C25H37NO4.C11H8O3/c1-15-11-19-18-7-6-16-12-17(30)8-9-24(16,2)26(18,29)21(31)13-25(19,3)27(15,22(32)14-28)35-23(33)20-5-4-10-34-20;27-20-23-18-22(13-14-24(23)28)25(29)19-26-15-7-1-2-8-16-30-17-9-6-12-21-10-4-3-5-11-21;12-10-8-4-2-1-3-7(8)5-6-9(10)11(13)14/h4-5,8-10,12,15,18-19,21,31H,6-7,11,13-14H2,1-3H3;3-5,10-11,13-14,18,25-29H,1-2,6-9,12,15-17,19-20H2;1-6,12H,(H,13,14)/t15-,18+,19+,21+,24+,25+,26+,27+;;/m1../s1. The lowest BCUT2D eigenvalue weighted by Gasteiger charge is -2.64. The molecule has 14 nitrogen and oxygen atoms in total. The third kappa shape index (κ3) is 13.0. The van der Waals surface area contributed by atoms with Crippen molar-refractivity contribution in [2.75, 3.05) is 32.2 Å². The van der Waals surface area contributed by atoms with Crippen molar-refractivity contribution in [1.82, 2.24) is 5.32 Å². The van der Waals surface area contributed by atoms with Crippen LogP contribution in [0.15, 0.2) is 132 Å². The number of ketones is 2. The van der Waals surface area contributed by atoms with E-state index in [4.69, 9.17) is 42.2 Å². The van der Waals surface area contributed by atoms with Gasteiger partial charge in [0.2, 0.25) is 5.76 Å². The summed E-state index contributed by atoms with van der Waals surface area (Å²) < 4.78 is 17.1. The van der Waals surface area contributed by atoms with E-state index in [1.165, 1.54) is 42.5 Å². The van der Waals surface area contributed by atoms with E-state index in [1.807, 2.05) is 39.0 Å². The van der Waals surface area contributed by atoms with E-state index in [2.05, 4.69) is 35.6 Å². The molecule has 0 saturated heterocycles. The van der Waals surface area contributed by atoms with Gasteiger partial charge in [0.15, 0.2) is 17.2 Å². The number of aromatic hydroxyl groups is 2. The van der Waals surface area contributed by atoms with Gasteiger partial charge in [0.25, 0.3) is 0 Å². The van der Waals surface area contributed by atoms with Crippen molar-refractivity contribution in [3.05, 3.63) is 155 Å². The Kier molecular flexibility index (Phi) is 20.8. The van der Waals surface area contributed by atoms with E-state index >= 15 is 0 Å². The fourth-order valence-corrected chi connectivity index (χ4v) is 13.6. The van der Waals surface area contributed by atoms with Crippen molar-refractivity contribution in [3.63, 3.8) is 0 Å². The number of carbonyl (C=O) groups excluding carboxylic acids is 3. The molecule has 3 fully saturated rings. The molecule has 5 aromatic rings. The number of hydrogen-bond acceptors (Lipinski definition) is 13. The fraction of sp³-hybridized carbons (Fsp3) is 0.460. The highest BCUT2D eigenvalue weighted by Gasteiger charge is 2.76. The molecule has 9 rings (SSSR count). The van der Waals surface area contributed by atoms with Gasteiger partial charge >= 0.3 is 11.9 Å². The zero-order chi connectivity index (χ0) is 57.0. The second kappa shape index (κ2) is 27.1. The minimum atomic E-state index is -1.53. The maximum absolute atomic E-state index is 13.6. The number of rotatable bonds is 21. The first-order chi connectivity index (χ1) is 37.9. The third-order valence-corrected chi connectivity index (χ3v) is 18.2. The van der Waals surface area contributed by atoms with Crippen LogP contribution in [0.3, 0.4) is 0 Å². The number of carboxylic acid groups (broad SMARTS) is 1. The number of alkyl halides is 2. The van der Waals surface area contributed by atoms with Crippen LogP contribution in [0.4, 0.5) is 0 Å². The van der Waals surface area contributed by atoms with Gasteiger partial charge in [0, 0.05) is 47.5 Å². The van der Waals surface area contributed by atoms with Gasteiger partial charge in [-0.3, -0.25) is 9.59 Å². The van der Waals surface area contributed by atoms with Gasteiger partial charge in [0.05, 0.1) is 35.8 Å². The Morgan fingerprint density at radius 2 is 1.61 bits per heavy atom. The number of nitrogens with one attached hydrogen (secondary N) is 1. The van der Waals surface area contributed by atoms with Crippen molar-refractivity contribution in [2.24, 2.45) is 28.6 Å². The van der Waals surface area contributed by atoms with Crippen LogP contribution in [0.25, 0.3) is 10.8 Å². The molecular weight excluding hydrogens is 1050 g/mol. The van der Waals surface area contributed by atoms with Crippen molar-refractivity contribution >= 4 is 57.5 Å². The molecule has 0 spiro atoms. The summed E-state index contributed by atoms with van der Waals surface area (Å²) in [5, 5.41) is 63.8. The van der Waals surface area contributed by atoms with Crippen molar-refractivity contribution < 1.29 is 63.7 Å². The smallest absolute Gasteiger partial charge is 0.375 e. The van der Waals surface area contributed by atoms with Gasteiger partial charge in [-0.05, 0) is 135 Å². The van der Waals surface area contributed by atoms with Crippen LogP contribution in [0.1, 0.15) is 129 Å². The van der Waals surface area contributed by atoms with E-state index < -0.39 is 45.5 Å². The molecule has 424 valence electrons. The normalized spacial score (nSPS) is 26.0. The van der Waals surface area contributed by atoms with Crippen LogP contribution in [0, 0.1) is 28.6 Å². The van der Waals surface area contributed by atoms with Crippen LogP contribution in [0.2, 0.25) is 0 Å². The molecule has 4 aliphatic carbocycles. The van der Waals surface area contributed by atoms with Crippen molar-refractivity contribution in [3.8, 4) is 11.5 Å². The monoisotopic (exact) mass is 1120 g/mol. The summed E-state index contributed by atoms with van der Waals surface area (Å²) in [5.41, 5.74) is 0.266. The third-order valence-electron chi connectivity index (χ3n) is 17.1. The number of hydrogen-bond donors (Lipinski definition) is 7. The second-order valence-electron chi connectivity index (χ2n) is 21.8. The molecule has 0 radical (unpaired) electrons. The summed E-state index contributed by atoms with van der Waals surface area (Å²) in [6, 6.07) is 28.7. The number of carbonyl (C=O) groups is 4. The largest absolute Gasteiger partial charge is 0.508 e. The number of carboxylic acids is 1. The number of unbranched alkanes of at least 4 members (excludes halogenated alkanes) is 4. The number of Topliss-reactive ketones (excluding diaryl/α,β-unsaturated/α-hetero) is 1. The number of benzene rings is 4. The number of aryl methyl sites for hydroxylation is 1. The highest BCUT2D eigenvalue weighted by molar-refractivity contribution is 6.29. The number of halogens is 2. The maximum atomic E-state index is 13.6. The molecule has 0 bridgehead atoms. The Hall–Kier alpha value is -5.84. The Balaban J connectivity index is 0.000000186. The van der Waals surface area contributed by atoms with Crippen molar-refractivity contribution in [2.45, 2.75) is 121 Å². The number of phenols is 2. The number of esters is 1. The minimum absolute atomic E-state index is 0.00557. The molecule has 0 aliphatic heterocycles. The van der Waals surface area contributed by atoms with Gasteiger partial charge in [-0.2, -0.15) is 0 Å². The summed E-state index contributed by atoms with van der Waals surface area (Å²) >= 11 is 13.6. The second-order valence-corrected chi connectivity index (χ2v) is 22.7. The summed E-state index contributed by atoms with van der Waals surface area (Å²) in [6.45, 7) is 8.59. The molecule has 9 atom stereocenters. The highest BCUT2D eigenvalue weighted by atomic mass is 35.5. The van der Waals surface area contributed by atoms with E-state index in [0.717, 1.165) is 69.2 Å². The van der Waals surface area contributed by atoms with E-state index in [9.17, 15) is 44.7 Å². The predicted molar refractivity (Wildman–Crippen MR) is 303 cm³/mol. The van der Waals surface area contributed by atoms with E-state index in [1.54, 1.807) is 42.5 Å². The number of aromatic carboxylic acids is 1.